The molecule has 1 aromatic heterocycles. The van der Waals surface area contributed by atoms with Gasteiger partial charge in [0.1, 0.15) is 0 Å². The van der Waals surface area contributed by atoms with Crippen molar-refractivity contribution in [3.63, 3.8) is 0 Å². The molecule has 0 aliphatic rings. The molecule has 0 aliphatic heterocycles. The van der Waals surface area contributed by atoms with Crippen LogP contribution in [0.25, 0.3) is 11.4 Å². The van der Waals surface area contributed by atoms with Crippen LogP contribution < -0.4 is 0 Å². The highest BCUT2D eigenvalue weighted by molar-refractivity contribution is 7.98. The molecule has 0 fully saturated rings. The summed E-state index contributed by atoms with van der Waals surface area (Å²) in [4.78, 5) is 4.45. The lowest BCUT2D eigenvalue weighted by atomic mass is 10.2. The Kier molecular flexibility index (Phi) is 4.93. The Morgan fingerprint density at radius 2 is 1.59 bits per heavy atom. The van der Waals surface area contributed by atoms with Crippen molar-refractivity contribution in [2.75, 3.05) is 0 Å². The molecule has 22 heavy (non-hydrogen) atoms. The van der Waals surface area contributed by atoms with Crippen molar-refractivity contribution in [1.82, 2.24) is 15.2 Å². The summed E-state index contributed by atoms with van der Waals surface area (Å²) >= 11 is 19.4. The van der Waals surface area contributed by atoms with Crippen molar-refractivity contribution in [2.45, 2.75) is 10.9 Å². The zero-order chi connectivity index (χ0) is 15.5. The number of aromatic amines is 1. The quantitative estimate of drug-likeness (QED) is 0.597. The van der Waals surface area contributed by atoms with E-state index in [1.807, 2.05) is 24.3 Å². The van der Waals surface area contributed by atoms with E-state index in [2.05, 4.69) is 15.2 Å². The average molecular weight is 371 g/mol. The zero-order valence-electron chi connectivity index (χ0n) is 11.2. The van der Waals surface area contributed by atoms with E-state index >= 15 is 0 Å². The van der Waals surface area contributed by atoms with Crippen LogP contribution in [0.4, 0.5) is 0 Å². The topological polar surface area (TPSA) is 41.6 Å². The van der Waals surface area contributed by atoms with E-state index in [0.29, 0.717) is 21.0 Å². The fourth-order valence-electron chi connectivity index (χ4n) is 1.86. The van der Waals surface area contributed by atoms with Gasteiger partial charge in [0, 0.05) is 26.4 Å². The summed E-state index contributed by atoms with van der Waals surface area (Å²) in [6.07, 6.45) is 0. The first-order valence-corrected chi connectivity index (χ1v) is 8.48. The molecule has 2 aromatic carbocycles. The van der Waals surface area contributed by atoms with Crippen molar-refractivity contribution in [2.24, 2.45) is 0 Å². The summed E-state index contributed by atoms with van der Waals surface area (Å²) in [6, 6.07) is 13.0. The Bertz CT molecular complexity index is 767. The number of nitrogens with zero attached hydrogens (tertiary/aromatic N) is 2. The van der Waals surface area contributed by atoms with Crippen LogP contribution in [0, 0.1) is 0 Å². The molecule has 3 rings (SSSR count). The maximum atomic E-state index is 6.00. The molecule has 0 radical (unpaired) electrons. The third-order valence-corrected chi connectivity index (χ3v) is 4.49. The first kappa shape index (κ1) is 15.7. The van der Waals surface area contributed by atoms with Gasteiger partial charge in [-0.05, 0) is 35.9 Å². The van der Waals surface area contributed by atoms with E-state index in [1.54, 1.807) is 30.0 Å². The summed E-state index contributed by atoms with van der Waals surface area (Å²) in [5.41, 5.74) is 1.97. The molecule has 3 nitrogen and oxygen atoms in total. The normalized spacial score (nSPS) is 10.9. The summed E-state index contributed by atoms with van der Waals surface area (Å²) in [7, 11) is 0. The number of H-pyrrole nitrogens is 1. The van der Waals surface area contributed by atoms with Gasteiger partial charge in [-0.1, -0.05) is 58.7 Å². The maximum Gasteiger partial charge on any atom is 0.209 e. The molecule has 0 unspecified atom stereocenters. The number of benzene rings is 2. The summed E-state index contributed by atoms with van der Waals surface area (Å²) in [5.74, 6) is 1.41. The number of thioether (sulfide) groups is 1. The molecular formula is C15H10Cl3N3S. The average Bonchev–Trinajstić information content (AvgIpc) is 2.95. The highest BCUT2D eigenvalue weighted by atomic mass is 35.5. The highest BCUT2D eigenvalue weighted by Crippen LogP contribution is 2.27. The van der Waals surface area contributed by atoms with Crippen molar-refractivity contribution < 1.29 is 0 Å². The molecule has 0 amide bonds. The van der Waals surface area contributed by atoms with Gasteiger partial charge in [0.25, 0.3) is 0 Å². The highest BCUT2D eigenvalue weighted by Gasteiger charge is 2.08. The third-order valence-electron chi connectivity index (χ3n) is 2.88. The van der Waals surface area contributed by atoms with Gasteiger partial charge in [0.2, 0.25) is 5.16 Å². The van der Waals surface area contributed by atoms with Crippen LogP contribution in [0.1, 0.15) is 5.56 Å². The number of hydrogen-bond donors (Lipinski definition) is 1. The largest absolute Gasteiger partial charge is 0.258 e. The lowest BCUT2D eigenvalue weighted by Gasteiger charge is -1.99. The predicted octanol–water partition coefficient (Wildman–Crippen LogP) is 5.72. The fourth-order valence-corrected chi connectivity index (χ4v) is 3.27. The van der Waals surface area contributed by atoms with Gasteiger partial charge in [-0.2, -0.15) is 0 Å². The van der Waals surface area contributed by atoms with E-state index in [-0.39, 0.29) is 0 Å². The second kappa shape index (κ2) is 6.92. The SMILES string of the molecule is Clc1ccc(CSc2n[nH]c(-c3cc(Cl)cc(Cl)c3)n2)cc1. The van der Waals surface area contributed by atoms with E-state index in [0.717, 1.165) is 21.9 Å². The van der Waals surface area contributed by atoms with Crippen LogP contribution in [0.5, 0.6) is 0 Å². The van der Waals surface area contributed by atoms with Crippen LogP contribution >= 0.6 is 46.6 Å². The van der Waals surface area contributed by atoms with Crippen LogP contribution in [0.3, 0.4) is 0 Å². The molecule has 3 aromatic rings. The minimum absolute atomic E-state index is 0.564. The molecule has 7 heteroatoms. The van der Waals surface area contributed by atoms with Gasteiger partial charge in [-0.15, -0.1) is 5.10 Å². The van der Waals surface area contributed by atoms with E-state index in [4.69, 9.17) is 34.8 Å². The molecule has 0 bridgehead atoms. The Morgan fingerprint density at radius 1 is 0.909 bits per heavy atom. The molecule has 0 aliphatic carbocycles. The number of rotatable bonds is 4. The van der Waals surface area contributed by atoms with Gasteiger partial charge < -0.3 is 0 Å². The van der Waals surface area contributed by atoms with Crippen LogP contribution in [-0.2, 0) is 5.75 Å². The first-order chi connectivity index (χ1) is 10.6. The Morgan fingerprint density at radius 3 is 2.27 bits per heavy atom. The Hall–Kier alpha value is -1.20. The van der Waals surface area contributed by atoms with Crippen molar-refractivity contribution in [3.05, 3.63) is 63.1 Å². The molecule has 0 spiro atoms. The van der Waals surface area contributed by atoms with Crippen LogP contribution in [-0.4, -0.2) is 15.2 Å². The summed E-state index contributed by atoms with van der Waals surface area (Å²) in [5, 5.41) is 9.63. The van der Waals surface area contributed by atoms with Gasteiger partial charge >= 0.3 is 0 Å². The van der Waals surface area contributed by atoms with Gasteiger partial charge in [-0.3, -0.25) is 5.10 Å². The van der Waals surface area contributed by atoms with Crippen molar-refractivity contribution >= 4 is 46.6 Å². The molecule has 1 heterocycles. The van der Waals surface area contributed by atoms with E-state index in [1.165, 1.54) is 0 Å². The Balaban J connectivity index is 1.72. The molecular weight excluding hydrogens is 361 g/mol. The van der Waals surface area contributed by atoms with Crippen LogP contribution in [0.2, 0.25) is 15.1 Å². The fraction of sp³-hybridized carbons (Fsp3) is 0.0667. The lowest BCUT2D eigenvalue weighted by Crippen LogP contribution is -1.82. The second-order valence-corrected chi connectivity index (χ2v) is 6.79. The molecule has 0 saturated carbocycles. The minimum atomic E-state index is 0.564. The molecule has 0 saturated heterocycles. The minimum Gasteiger partial charge on any atom is -0.258 e. The number of halogens is 3. The standard InChI is InChI=1S/C15H10Cl3N3S/c16-11-3-1-9(2-4-11)8-22-15-19-14(20-21-15)10-5-12(17)7-13(18)6-10/h1-7H,8H2,(H,19,20,21). The van der Waals surface area contributed by atoms with Gasteiger partial charge in [0.15, 0.2) is 5.82 Å². The zero-order valence-corrected chi connectivity index (χ0v) is 14.3. The number of nitrogens with one attached hydrogen (secondary N) is 1. The van der Waals surface area contributed by atoms with Crippen molar-refractivity contribution in [3.8, 4) is 11.4 Å². The molecule has 1 N–H and O–H groups in total. The van der Waals surface area contributed by atoms with Crippen LogP contribution in [0.15, 0.2) is 47.6 Å². The predicted molar refractivity (Wildman–Crippen MR) is 92.9 cm³/mol. The third kappa shape index (κ3) is 3.96. The summed E-state index contributed by atoms with van der Waals surface area (Å²) in [6.45, 7) is 0. The Labute approximate surface area is 147 Å². The summed E-state index contributed by atoms with van der Waals surface area (Å²) < 4.78 is 0. The monoisotopic (exact) mass is 369 g/mol. The number of aromatic nitrogens is 3. The van der Waals surface area contributed by atoms with Crippen molar-refractivity contribution in [1.29, 1.82) is 0 Å². The van der Waals surface area contributed by atoms with E-state index in [9.17, 15) is 0 Å². The number of hydrogen-bond acceptors (Lipinski definition) is 3. The maximum absolute atomic E-state index is 6.00. The second-order valence-electron chi connectivity index (χ2n) is 4.54. The lowest BCUT2D eigenvalue weighted by molar-refractivity contribution is 0.973. The molecule has 112 valence electrons. The molecule has 0 atom stereocenters. The smallest absolute Gasteiger partial charge is 0.209 e. The van der Waals surface area contributed by atoms with E-state index < -0.39 is 0 Å². The van der Waals surface area contributed by atoms with Gasteiger partial charge in [-0.25, -0.2) is 4.98 Å². The first-order valence-electron chi connectivity index (χ1n) is 6.36. The van der Waals surface area contributed by atoms with Gasteiger partial charge in [0.05, 0.1) is 0 Å².